The van der Waals surface area contributed by atoms with E-state index in [1.165, 1.54) is 13.8 Å². The first-order valence-corrected chi connectivity index (χ1v) is 10.5. The number of alkyl carbamates (subject to hydrolysis) is 1. The van der Waals surface area contributed by atoms with Gasteiger partial charge in [0.25, 0.3) is 5.91 Å². The van der Waals surface area contributed by atoms with Crippen molar-refractivity contribution in [1.82, 2.24) is 30.0 Å². The summed E-state index contributed by atoms with van der Waals surface area (Å²) in [7, 11) is 1.93. The Labute approximate surface area is 183 Å². The van der Waals surface area contributed by atoms with Crippen LogP contribution in [0.15, 0.2) is 11.9 Å². The summed E-state index contributed by atoms with van der Waals surface area (Å²) in [6, 6.07) is -1.14. The van der Waals surface area contributed by atoms with Crippen LogP contribution in [0.5, 0.6) is 0 Å². The van der Waals surface area contributed by atoms with E-state index in [2.05, 4.69) is 5.32 Å². The highest BCUT2D eigenvalue weighted by molar-refractivity contribution is 5.94. The Morgan fingerprint density at radius 2 is 1.71 bits per heavy atom. The number of piperazine rings is 1. The number of fused-ring (bicyclic) bond motifs is 1. The lowest BCUT2D eigenvalue weighted by atomic mass is 9.97. The van der Waals surface area contributed by atoms with Gasteiger partial charge in [-0.3, -0.25) is 9.59 Å². The molecule has 3 aliphatic heterocycles. The molecule has 31 heavy (non-hydrogen) atoms. The highest BCUT2D eigenvalue weighted by atomic mass is 16.6. The molecule has 2 N–H and O–H groups in total. The molecular formula is C20H34N6O5. The van der Waals surface area contributed by atoms with Crippen molar-refractivity contribution in [2.45, 2.75) is 51.9 Å². The minimum atomic E-state index is -1.47. The van der Waals surface area contributed by atoms with Gasteiger partial charge in [-0.15, -0.1) is 0 Å². The zero-order valence-corrected chi connectivity index (χ0v) is 19.2. The fourth-order valence-corrected chi connectivity index (χ4v) is 3.87. The third-order valence-electron chi connectivity index (χ3n) is 5.36. The van der Waals surface area contributed by atoms with Gasteiger partial charge in [-0.1, -0.05) is 0 Å². The van der Waals surface area contributed by atoms with Gasteiger partial charge in [-0.25, -0.2) is 14.8 Å². The Bertz CT molecular complexity index is 763. The van der Waals surface area contributed by atoms with Crippen LogP contribution < -0.4 is 5.32 Å². The molecule has 0 aromatic heterocycles. The second kappa shape index (κ2) is 8.19. The van der Waals surface area contributed by atoms with Crippen molar-refractivity contribution < 1.29 is 24.2 Å². The summed E-state index contributed by atoms with van der Waals surface area (Å²) < 4.78 is 5.24. The SMILES string of the molecule is CN1C=C2C(=O)N(N3CCN(C(=O)C(NC(=O)OC(C)(C)C)C(C)(C)O)CC3)CN2C1. The molecule has 11 nitrogen and oxygen atoms in total. The maximum Gasteiger partial charge on any atom is 0.408 e. The average molecular weight is 439 g/mol. The van der Waals surface area contributed by atoms with Crippen molar-refractivity contribution >= 4 is 17.9 Å². The quantitative estimate of drug-likeness (QED) is 0.608. The summed E-state index contributed by atoms with van der Waals surface area (Å²) in [4.78, 5) is 43.6. The molecule has 174 valence electrons. The van der Waals surface area contributed by atoms with E-state index in [-0.39, 0.29) is 11.8 Å². The molecule has 1 unspecified atom stereocenters. The number of hydrogen-bond acceptors (Lipinski definition) is 8. The van der Waals surface area contributed by atoms with Gasteiger partial charge in [0.15, 0.2) is 0 Å². The summed E-state index contributed by atoms with van der Waals surface area (Å²) in [6.07, 6.45) is 1.09. The minimum absolute atomic E-state index is 0.0370. The molecule has 3 rings (SSSR count). The highest BCUT2D eigenvalue weighted by Crippen LogP contribution is 2.26. The number of carbonyl (C=O) groups excluding carboxylic acids is 3. The van der Waals surface area contributed by atoms with Crippen molar-refractivity contribution in [3.8, 4) is 0 Å². The Balaban J connectivity index is 1.59. The Hall–Kier alpha value is -2.53. The summed E-state index contributed by atoms with van der Waals surface area (Å²) in [5.41, 5.74) is -1.51. The van der Waals surface area contributed by atoms with E-state index in [1.54, 1.807) is 30.7 Å². The smallest absolute Gasteiger partial charge is 0.408 e. The molecule has 2 fully saturated rings. The van der Waals surface area contributed by atoms with E-state index in [1.807, 2.05) is 28.1 Å². The number of nitrogens with zero attached hydrogens (tertiary/aromatic N) is 5. The molecule has 0 aromatic carbocycles. The van der Waals surface area contributed by atoms with E-state index in [0.717, 1.165) is 0 Å². The molecular weight excluding hydrogens is 404 g/mol. The van der Waals surface area contributed by atoms with Crippen molar-refractivity contribution in [1.29, 1.82) is 0 Å². The number of aliphatic hydroxyl groups is 1. The van der Waals surface area contributed by atoms with E-state index >= 15 is 0 Å². The number of rotatable bonds is 4. The van der Waals surface area contributed by atoms with E-state index in [0.29, 0.717) is 45.2 Å². The molecule has 0 radical (unpaired) electrons. The molecule has 3 heterocycles. The van der Waals surface area contributed by atoms with Crippen LogP contribution in [0.2, 0.25) is 0 Å². The lowest BCUT2D eigenvalue weighted by Crippen LogP contribution is -2.63. The van der Waals surface area contributed by atoms with Crippen LogP contribution >= 0.6 is 0 Å². The molecule has 2 saturated heterocycles. The zero-order chi connectivity index (χ0) is 23.1. The van der Waals surface area contributed by atoms with Gasteiger partial charge in [-0.2, -0.15) is 0 Å². The number of ether oxygens (including phenoxy) is 1. The number of hydrazine groups is 1. The first kappa shape index (κ1) is 23.1. The monoisotopic (exact) mass is 438 g/mol. The predicted octanol–water partition coefficient (Wildman–Crippen LogP) is -0.444. The number of hydrogen-bond donors (Lipinski definition) is 2. The summed E-state index contributed by atoms with van der Waals surface area (Å²) in [6.45, 7) is 11.0. The third kappa shape index (κ3) is 5.21. The molecule has 3 amide bonds. The van der Waals surface area contributed by atoms with Gasteiger partial charge < -0.3 is 29.9 Å². The Morgan fingerprint density at radius 3 is 2.23 bits per heavy atom. The van der Waals surface area contributed by atoms with Crippen molar-refractivity contribution in [3.63, 3.8) is 0 Å². The van der Waals surface area contributed by atoms with Gasteiger partial charge in [0.1, 0.15) is 24.0 Å². The van der Waals surface area contributed by atoms with Gasteiger partial charge in [-0.05, 0) is 34.6 Å². The van der Waals surface area contributed by atoms with E-state index < -0.39 is 23.3 Å². The lowest BCUT2D eigenvalue weighted by Gasteiger charge is -2.41. The molecule has 0 aromatic rings. The summed E-state index contributed by atoms with van der Waals surface area (Å²) in [5, 5.41) is 16.7. The van der Waals surface area contributed by atoms with Gasteiger partial charge in [0.05, 0.1) is 12.3 Å². The highest BCUT2D eigenvalue weighted by Gasteiger charge is 2.42. The third-order valence-corrected chi connectivity index (χ3v) is 5.36. The van der Waals surface area contributed by atoms with Gasteiger partial charge >= 0.3 is 6.09 Å². The number of nitrogens with one attached hydrogen (secondary N) is 1. The van der Waals surface area contributed by atoms with Crippen LogP contribution in [0.1, 0.15) is 34.6 Å². The molecule has 3 aliphatic rings. The summed E-state index contributed by atoms with van der Waals surface area (Å²) in [5.74, 6) is -0.416. The number of carbonyl (C=O) groups is 3. The Kier molecular flexibility index (Phi) is 6.12. The van der Waals surface area contributed by atoms with Crippen LogP contribution in [0.3, 0.4) is 0 Å². The van der Waals surface area contributed by atoms with E-state index in [9.17, 15) is 19.5 Å². The van der Waals surface area contributed by atoms with Gasteiger partial charge in [0.2, 0.25) is 5.91 Å². The molecule has 11 heteroatoms. The van der Waals surface area contributed by atoms with Crippen LogP contribution in [0, 0.1) is 0 Å². The van der Waals surface area contributed by atoms with Crippen LogP contribution in [0.25, 0.3) is 0 Å². The van der Waals surface area contributed by atoms with Crippen LogP contribution in [-0.2, 0) is 14.3 Å². The molecule has 1 atom stereocenters. The first-order valence-electron chi connectivity index (χ1n) is 10.5. The van der Waals surface area contributed by atoms with Crippen LogP contribution in [-0.4, -0.2) is 112 Å². The maximum absolute atomic E-state index is 13.1. The molecule has 0 spiro atoms. The van der Waals surface area contributed by atoms with Crippen molar-refractivity contribution in [2.75, 3.05) is 46.6 Å². The molecule has 0 saturated carbocycles. The van der Waals surface area contributed by atoms with Crippen molar-refractivity contribution in [3.05, 3.63) is 11.9 Å². The second-order valence-electron chi connectivity index (χ2n) is 9.81. The minimum Gasteiger partial charge on any atom is -0.444 e. The Morgan fingerprint density at radius 1 is 1.10 bits per heavy atom. The normalized spacial score (nSPS) is 21.3. The van der Waals surface area contributed by atoms with Crippen molar-refractivity contribution in [2.24, 2.45) is 0 Å². The second-order valence-corrected chi connectivity index (χ2v) is 9.81. The van der Waals surface area contributed by atoms with Crippen LogP contribution in [0.4, 0.5) is 4.79 Å². The fourth-order valence-electron chi connectivity index (χ4n) is 3.87. The standard InChI is InChI=1S/C20H34N6O5/c1-19(2,3)31-18(29)21-15(20(4,5)30)17(28)23-7-9-25(10-8-23)26-13-24-12-22(6)11-14(24)16(26)27/h11,15,30H,7-10,12-13H2,1-6H3,(H,21,29). The topological polar surface area (TPSA) is 109 Å². The summed E-state index contributed by atoms with van der Waals surface area (Å²) >= 11 is 0. The average Bonchev–Trinajstić information content (AvgIpc) is 3.14. The molecule has 0 aliphatic carbocycles. The first-order chi connectivity index (χ1) is 14.3. The lowest BCUT2D eigenvalue weighted by molar-refractivity contribution is -0.151. The fraction of sp³-hybridized carbons (Fsp3) is 0.750. The maximum atomic E-state index is 13.1. The molecule has 0 bridgehead atoms. The van der Waals surface area contributed by atoms with E-state index in [4.69, 9.17) is 4.74 Å². The predicted molar refractivity (Wildman–Crippen MR) is 112 cm³/mol. The largest absolute Gasteiger partial charge is 0.444 e. The van der Waals surface area contributed by atoms with Gasteiger partial charge in [0, 0.05) is 39.4 Å². The number of amides is 3. The zero-order valence-electron chi connectivity index (χ0n) is 19.2.